The van der Waals surface area contributed by atoms with Crippen LogP contribution in [0.2, 0.25) is 0 Å². The van der Waals surface area contributed by atoms with Crippen LogP contribution in [-0.2, 0) is 4.74 Å². The van der Waals surface area contributed by atoms with Crippen LogP contribution in [0.3, 0.4) is 0 Å². The first-order chi connectivity index (χ1) is 7.19. The summed E-state index contributed by atoms with van der Waals surface area (Å²) in [5.41, 5.74) is 2.44. The second kappa shape index (κ2) is 6.19. The standard InChI is InChI=1S/C9H13BrN2O2S/c1-6-8(15-5-11-6)9(13)12-7(3-10)4-14-2/h5,7H,3-4H2,1-2H3,(H,12,13). The lowest BCUT2D eigenvalue weighted by Crippen LogP contribution is -2.39. The summed E-state index contributed by atoms with van der Waals surface area (Å²) in [5.74, 6) is -0.0866. The van der Waals surface area contributed by atoms with Gasteiger partial charge in [0.25, 0.3) is 5.91 Å². The number of carbonyl (C=O) groups is 1. The highest BCUT2D eigenvalue weighted by molar-refractivity contribution is 9.09. The normalized spacial score (nSPS) is 12.5. The van der Waals surface area contributed by atoms with E-state index < -0.39 is 0 Å². The van der Waals surface area contributed by atoms with Crippen LogP contribution in [0.1, 0.15) is 15.4 Å². The Bertz CT molecular complexity index is 330. The molecule has 1 aromatic heterocycles. The minimum atomic E-state index is -0.0866. The topological polar surface area (TPSA) is 51.2 Å². The fourth-order valence-electron chi connectivity index (χ4n) is 1.10. The van der Waals surface area contributed by atoms with Gasteiger partial charge in [-0.05, 0) is 6.92 Å². The molecule has 0 aromatic carbocycles. The van der Waals surface area contributed by atoms with Crippen molar-refractivity contribution in [1.82, 2.24) is 10.3 Å². The summed E-state index contributed by atoms with van der Waals surface area (Å²) in [6.45, 7) is 2.32. The van der Waals surface area contributed by atoms with Crippen molar-refractivity contribution in [3.63, 3.8) is 0 Å². The molecule has 0 saturated heterocycles. The molecule has 0 aliphatic carbocycles. The van der Waals surface area contributed by atoms with Crippen molar-refractivity contribution in [3.8, 4) is 0 Å². The molecule has 1 rings (SSSR count). The van der Waals surface area contributed by atoms with Crippen LogP contribution >= 0.6 is 27.3 Å². The Kier molecular flexibility index (Phi) is 5.21. The summed E-state index contributed by atoms with van der Waals surface area (Å²) in [7, 11) is 1.61. The number of methoxy groups -OCH3 is 1. The van der Waals surface area contributed by atoms with Crippen LogP contribution in [-0.4, -0.2) is 36.0 Å². The van der Waals surface area contributed by atoms with E-state index in [9.17, 15) is 4.79 Å². The lowest BCUT2D eigenvalue weighted by molar-refractivity contribution is 0.0911. The zero-order chi connectivity index (χ0) is 11.3. The van der Waals surface area contributed by atoms with Crippen molar-refractivity contribution < 1.29 is 9.53 Å². The average Bonchev–Trinajstić information content (AvgIpc) is 2.63. The lowest BCUT2D eigenvalue weighted by Gasteiger charge is -2.14. The number of rotatable bonds is 5. The van der Waals surface area contributed by atoms with Crippen molar-refractivity contribution in [3.05, 3.63) is 16.1 Å². The fourth-order valence-corrected chi connectivity index (χ4v) is 2.15. The summed E-state index contributed by atoms with van der Waals surface area (Å²) in [6, 6.07) is -0.0102. The van der Waals surface area contributed by atoms with Crippen LogP contribution < -0.4 is 5.32 Å². The molecular weight excluding hydrogens is 280 g/mol. The maximum Gasteiger partial charge on any atom is 0.263 e. The van der Waals surface area contributed by atoms with Gasteiger partial charge in [-0.15, -0.1) is 11.3 Å². The predicted octanol–water partition coefficient (Wildman–Crippen LogP) is 1.59. The Hall–Kier alpha value is -0.460. The SMILES string of the molecule is COCC(CBr)NC(=O)c1scnc1C. The first kappa shape index (κ1) is 12.6. The van der Waals surface area contributed by atoms with Crippen molar-refractivity contribution in [2.24, 2.45) is 0 Å². The van der Waals surface area contributed by atoms with Gasteiger partial charge in [0.1, 0.15) is 4.88 Å². The summed E-state index contributed by atoms with van der Waals surface area (Å²) in [6.07, 6.45) is 0. The summed E-state index contributed by atoms with van der Waals surface area (Å²) in [4.78, 5) is 16.4. The van der Waals surface area contributed by atoms with Gasteiger partial charge in [-0.2, -0.15) is 0 Å². The van der Waals surface area contributed by atoms with E-state index in [-0.39, 0.29) is 11.9 Å². The van der Waals surface area contributed by atoms with Crippen LogP contribution in [0.25, 0.3) is 0 Å². The van der Waals surface area contributed by atoms with E-state index in [0.717, 1.165) is 5.69 Å². The van der Waals surface area contributed by atoms with Gasteiger partial charge in [-0.1, -0.05) is 15.9 Å². The first-order valence-corrected chi connectivity index (χ1v) is 6.45. The van der Waals surface area contributed by atoms with E-state index in [0.29, 0.717) is 16.8 Å². The molecule has 1 unspecified atom stereocenters. The van der Waals surface area contributed by atoms with Gasteiger partial charge in [0.05, 0.1) is 23.9 Å². The molecule has 1 amide bonds. The zero-order valence-electron chi connectivity index (χ0n) is 8.62. The molecule has 0 fully saturated rings. The van der Waals surface area contributed by atoms with E-state index in [1.165, 1.54) is 11.3 Å². The molecule has 1 atom stereocenters. The minimum absolute atomic E-state index is 0.0102. The van der Waals surface area contributed by atoms with Crippen LogP contribution in [0, 0.1) is 6.92 Å². The maximum atomic E-state index is 11.8. The van der Waals surface area contributed by atoms with Gasteiger partial charge in [-0.25, -0.2) is 4.98 Å². The zero-order valence-corrected chi connectivity index (χ0v) is 11.0. The molecule has 1 heterocycles. The number of thiazole rings is 1. The molecule has 1 N–H and O–H groups in total. The van der Waals surface area contributed by atoms with Gasteiger partial charge in [0.15, 0.2) is 0 Å². The number of aromatic nitrogens is 1. The van der Waals surface area contributed by atoms with Gasteiger partial charge in [-0.3, -0.25) is 4.79 Å². The van der Waals surface area contributed by atoms with Crippen molar-refractivity contribution in [2.75, 3.05) is 19.0 Å². The highest BCUT2D eigenvalue weighted by atomic mass is 79.9. The Balaban J connectivity index is 2.58. The number of ether oxygens (including phenoxy) is 1. The molecule has 0 saturated carbocycles. The molecule has 0 spiro atoms. The van der Waals surface area contributed by atoms with E-state index in [1.54, 1.807) is 12.6 Å². The minimum Gasteiger partial charge on any atom is -0.383 e. The fraction of sp³-hybridized carbons (Fsp3) is 0.556. The van der Waals surface area contributed by atoms with Crippen molar-refractivity contribution in [1.29, 1.82) is 0 Å². The lowest BCUT2D eigenvalue weighted by atomic mass is 10.3. The van der Waals surface area contributed by atoms with Crippen LogP contribution in [0.4, 0.5) is 0 Å². The predicted molar refractivity (Wildman–Crippen MR) is 63.8 cm³/mol. The molecule has 1 aromatic rings. The monoisotopic (exact) mass is 292 g/mol. The first-order valence-electron chi connectivity index (χ1n) is 4.45. The van der Waals surface area contributed by atoms with Gasteiger partial charge < -0.3 is 10.1 Å². The van der Waals surface area contributed by atoms with E-state index in [4.69, 9.17) is 4.74 Å². The van der Waals surface area contributed by atoms with Crippen LogP contribution in [0.15, 0.2) is 5.51 Å². The molecule has 15 heavy (non-hydrogen) atoms. The van der Waals surface area contributed by atoms with E-state index in [2.05, 4.69) is 26.2 Å². The Morgan fingerprint density at radius 1 is 1.80 bits per heavy atom. The average molecular weight is 293 g/mol. The second-order valence-corrected chi connectivity index (χ2v) is 4.55. The molecule has 0 bridgehead atoms. The molecule has 84 valence electrons. The second-order valence-electron chi connectivity index (χ2n) is 3.05. The molecule has 0 radical (unpaired) electrons. The molecular formula is C9H13BrN2O2S. The number of carbonyl (C=O) groups excluding carboxylic acids is 1. The molecule has 0 aliphatic heterocycles. The number of halogens is 1. The van der Waals surface area contributed by atoms with E-state index in [1.807, 2.05) is 6.92 Å². The Labute approximate surface area is 101 Å². The number of nitrogens with one attached hydrogen (secondary N) is 1. The third-order valence-electron chi connectivity index (χ3n) is 1.84. The van der Waals surface area contributed by atoms with Gasteiger partial charge in [0, 0.05) is 12.4 Å². The molecule has 0 aliphatic rings. The quantitative estimate of drug-likeness (QED) is 0.839. The Morgan fingerprint density at radius 3 is 3.00 bits per heavy atom. The molecule has 4 nitrogen and oxygen atoms in total. The number of aryl methyl sites for hydroxylation is 1. The summed E-state index contributed by atoms with van der Waals surface area (Å²) < 4.78 is 4.99. The van der Waals surface area contributed by atoms with Crippen molar-refractivity contribution in [2.45, 2.75) is 13.0 Å². The number of nitrogens with zero attached hydrogens (tertiary/aromatic N) is 1. The molecule has 6 heteroatoms. The van der Waals surface area contributed by atoms with Crippen molar-refractivity contribution >= 4 is 33.2 Å². The number of alkyl halides is 1. The highest BCUT2D eigenvalue weighted by Gasteiger charge is 2.15. The highest BCUT2D eigenvalue weighted by Crippen LogP contribution is 2.12. The third-order valence-corrected chi connectivity index (χ3v) is 3.55. The summed E-state index contributed by atoms with van der Waals surface area (Å²) >= 11 is 4.67. The third kappa shape index (κ3) is 3.55. The van der Waals surface area contributed by atoms with Gasteiger partial charge >= 0.3 is 0 Å². The maximum absolute atomic E-state index is 11.8. The summed E-state index contributed by atoms with van der Waals surface area (Å²) in [5, 5.41) is 3.54. The Morgan fingerprint density at radius 2 is 2.53 bits per heavy atom. The number of hydrogen-bond acceptors (Lipinski definition) is 4. The smallest absolute Gasteiger partial charge is 0.263 e. The van der Waals surface area contributed by atoms with Crippen LogP contribution in [0.5, 0.6) is 0 Å². The van der Waals surface area contributed by atoms with E-state index >= 15 is 0 Å². The largest absolute Gasteiger partial charge is 0.383 e. The number of hydrogen-bond donors (Lipinski definition) is 1. The number of amides is 1. The van der Waals surface area contributed by atoms with Gasteiger partial charge in [0.2, 0.25) is 0 Å².